The molecule has 0 heterocycles. The molecule has 1 aromatic carbocycles. The van der Waals surface area contributed by atoms with Crippen LogP contribution in [0, 0.1) is 19.3 Å². The van der Waals surface area contributed by atoms with Crippen LogP contribution < -0.4 is 5.32 Å². The van der Waals surface area contributed by atoms with Crippen molar-refractivity contribution >= 4 is 5.91 Å². The maximum Gasteiger partial charge on any atom is 0.220 e. The molecular weight excluding hydrogens is 222 g/mol. The molecule has 0 fully saturated rings. The van der Waals surface area contributed by atoms with Crippen LogP contribution in [0.3, 0.4) is 0 Å². The van der Waals surface area contributed by atoms with E-state index in [0.717, 1.165) is 12.8 Å². The molecule has 0 bridgehead atoms. The lowest BCUT2D eigenvalue weighted by Gasteiger charge is -2.14. The summed E-state index contributed by atoms with van der Waals surface area (Å²) < 4.78 is 0. The topological polar surface area (TPSA) is 29.1 Å². The van der Waals surface area contributed by atoms with Crippen molar-refractivity contribution in [3.63, 3.8) is 0 Å². The summed E-state index contributed by atoms with van der Waals surface area (Å²) in [6, 6.07) is 8.39. The van der Waals surface area contributed by atoms with Gasteiger partial charge in [0.25, 0.3) is 0 Å². The normalized spacial score (nSPS) is 11.6. The van der Waals surface area contributed by atoms with Crippen molar-refractivity contribution in [3.8, 4) is 12.3 Å². The van der Waals surface area contributed by atoms with Crippen LogP contribution in [0.5, 0.6) is 0 Å². The van der Waals surface area contributed by atoms with Crippen molar-refractivity contribution in [1.82, 2.24) is 5.32 Å². The zero-order valence-corrected chi connectivity index (χ0v) is 11.2. The van der Waals surface area contributed by atoms with Crippen LogP contribution in [0.2, 0.25) is 0 Å². The third-order valence-electron chi connectivity index (χ3n) is 2.98. The Kier molecular flexibility index (Phi) is 6.00. The van der Waals surface area contributed by atoms with Crippen molar-refractivity contribution in [2.45, 2.75) is 45.6 Å². The highest BCUT2D eigenvalue weighted by Crippen LogP contribution is 2.06. The summed E-state index contributed by atoms with van der Waals surface area (Å²) in [6.07, 6.45) is 8.03. The van der Waals surface area contributed by atoms with Crippen molar-refractivity contribution in [2.24, 2.45) is 0 Å². The van der Waals surface area contributed by atoms with Gasteiger partial charge in [-0.15, -0.1) is 12.3 Å². The first kappa shape index (κ1) is 14.3. The number of nitrogens with one attached hydrogen (secondary N) is 1. The lowest BCUT2D eigenvalue weighted by Crippen LogP contribution is -2.34. The summed E-state index contributed by atoms with van der Waals surface area (Å²) in [7, 11) is 0. The van der Waals surface area contributed by atoms with Gasteiger partial charge in [0.15, 0.2) is 0 Å². The number of terminal acetylenes is 1. The molecule has 96 valence electrons. The summed E-state index contributed by atoms with van der Waals surface area (Å²) in [5.41, 5.74) is 2.43. The Labute approximate surface area is 110 Å². The molecule has 1 aromatic rings. The van der Waals surface area contributed by atoms with Gasteiger partial charge in [0.2, 0.25) is 5.91 Å². The molecule has 2 heteroatoms. The van der Waals surface area contributed by atoms with Gasteiger partial charge in [0, 0.05) is 18.9 Å². The highest BCUT2D eigenvalue weighted by molar-refractivity contribution is 5.76. The van der Waals surface area contributed by atoms with Gasteiger partial charge in [0.05, 0.1) is 0 Å². The van der Waals surface area contributed by atoms with E-state index in [2.05, 4.69) is 42.4 Å². The summed E-state index contributed by atoms with van der Waals surface area (Å²) in [6.45, 7) is 4.09. The van der Waals surface area contributed by atoms with Crippen LogP contribution >= 0.6 is 0 Å². The molecule has 0 saturated heterocycles. The molecule has 1 atom stereocenters. The summed E-state index contributed by atoms with van der Waals surface area (Å²) in [4.78, 5) is 11.7. The Hall–Kier alpha value is -1.75. The molecule has 0 aliphatic rings. The van der Waals surface area contributed by atoms with E-state index in [1.54, 1.807) is 0 Å². The molecule has 1 amide bonds. The number of aryl methyl sites for hydroxylation is 2. The fourth-order valence-electron chi connectivity index (χ4n) is 1.75. The van der Waals surface area contributed by atoms with Crippen LogP contribution in [0.4, 0.5) is 0 Å². The van der Waals surface area contributed by atoms with E-state index in [0.29, 0.717) is 12.8 Å². The van der Waals surface area contributed by atoms with Gasteiger partial charge in [0.1, 0.15) is 0 Å². The maximum absolute atomic E-state index is 11.7. The lowest BCUT2D eigenvalue weighted by molar-refractivity contribution is -0.121. The average molecular weight is 243 g/mol. The molecule has 18 heavy (non-hydrogen) atoms. The van der Waals surface area contributed by atoms with E-state index < -0.39 is 0 Å². The Balaban J connectivity index is 2.37. The van der Waals surface area contributed by atoms with Crippen molar-refractivity contribution in [1.29, 1.82) is 0 Å². The van der Waals surface area contributed by atoms with E-state index in [-0.39, 0.29) is 11.9 Å². The zero-order valence-electron chi connectivity index (χ0n) is 11.2. The van der Waals surface area contributed by atoms with E-state index >= 15 is 0 Å². The first-order valence-electron chi connectivity index (χ1n) is 6.44. The van der Waals surface area contributed by atoms with Crippen molar-refractivity contribution in [3.05, 3.63) is 35.4 Å². The molecule has 0 spiro atoms. The molecule has 1 N–H and O–H groups in total. The number of rotatable bonds is 6. The molecule has 0 radical (unpaired) electrons. The van der Waals surface area contributed by atoms with Gasteiger partial charge in [-0.3, -0.25) is 4.79 Å². The highest BCUT2D eigenvalue weighted by atomic mass is 16.1. The first-order valence-corrected chi connectivity index (χ1v) is 6.44. The summed E-state index contributed by atoms with van der Waals surface area (Å²) in [5.74, 6) is 2.67. The molecule has 1 rings (SSSR count). The average Bonchev–Trinajstić information content (AvgIpc) is 2.37. The van der Waals surface area contributed by atoms with Crippen molar-refractivity contribution in [2.75, 3.05) is 0 Å². The number of amides is 1. The fourth-order valence-corrected chi connectivity index (χ4v) is 1.75. The third-order valence-corrected chi connectivity index (χ3v) is 2.98. The van der Waals surface area contributed by atoms with E-state index in [4.69, 9.17) is 6.42 Å². The minimum atomic E-state index is 0.0812. The van der Waals surface area contributed by atoms with Gasteiger partial charge >= 0.3 is 0 Å². The molecule has 1 unspecified atom stereocenters. The number of carbonyl (C=O) groups excluding carboxylic acids is 1. The lowest BCUT2D eigenvalue weighted by atomic mass is 10.1. The largest absolute Gasteiger partial charge is 0.352 e. The smallest absolute Gasteiger partial charge is 0.220 e. The minimum absolute atomic E-state index is 0.0812. The van der Waals surface area contributed by atoms with Gasteiger partial charge in [-0.05, 0) is 25.3 Å². The highest BCUT2D eigenvalue weighted by Gasteiger charge is 2.08. The second kappa shape index (κ2) is 7.55. The van der Waals surface area contributed by atoms with Crippen LogP contribution in [0.15, 0.2) is 24.3 Å². The van der Waals surface area contributed by atoms with Crippen LogP contribution in [0.1, 0.15) is 37.3 Å². The SMILES string of the molecule is C#CCC(CC)NC(=O)CCc1ccc(C)cc1. The zero-order chi connectivity index (χ0) is 13.4. The third kappa shape index (κ3) is 5.05. The second-order valence-electron chi connectivity index (χ2n) is 4.57. The molecule has 0 aromatic heterocycles. The minimum Gasteiger partial charge on any atom is -0.352 e. The van der Waals surface area contributed by atoms with Crippen molar-refractivity contribution < 1.29 is 4.79 Å². The Morgan fingerprint density at radius 3 is 2.61 bits per heavy atom. The molecular formula is C16H21NO. The van der Waals surface area contributed by atoms with Gasteiger partial charge in [-0.2, -0.15) is 0 Å². The molecule has 0 saturated carbocycles. The van der Waals surface area contributed by atoms with Gasteiger partial charge < -0.3 is 5.32 Å². The number of carbonyl (C=O) groups is 1. The summed E-state index contributed by atoms with van der Waals surface area (Å²) in [5, 5.41) is 2.97. The number of hydrogen-bond acceptors (Lipinski definition) is 1. The Morgan fingerprint density at radius 1 is 1.39 bits per heavy atom. The van der Waals surface area contributed by atoms with Crippen LogP contribution in [-0.2, 0) is 11.2 Å². The Morgan fingerprint density at radius 2 is 2.06 bits per heavy atom. The quantitative estimate of drug-likeness (QED) is 0.765. The number of hydrogen-bond donors (Lipinski definition) is 1. The van der Waals surface area contributed by atoms with Crippen LogP contribution in [-0.4, -0.2) is 11.9 Å². The van der Waals surface area contributed by atoms with E-state index in [1.165, 1.54) is 11.1 Å². The van der Waals surface area contributed by atoms with Gasteiger partial charge in [-0.25, -0.2) is 0 Å². The molecule has 2 nitrogen and oxygen atoms in total. The second-order valence-corrected chi connectivity index (χ2v) is 4.57. The monoisotopic (exact) mass is 243 g/mol. The van der Waals surface area contributed by atoms with Gasteiger partial charge in [-0.1, -0.05) is 36.8 Å². The van der Waals surface area contributed by atoms with E-state index in [9.17, 15) is 4.79 Å². The Bertz CT molecular complexity index is 414. The number of benzene rings is 1. The molecule has 0 aliphatic heterocycles. The summed E-state index contributed by atoms with van der Waals surface area (Å²) >= 11 is 0. The predicted octanol–water partition coefficient (Wildman–Crippen LogP) is 2.85. The first-order chi connectivity index (χ1) is 8.65. The van der Waals surface area contributed by atoms with Crippen LogP contribution in [0.25, 0.3) is 0 Å². The van der Waals surface area contributed by atoms with E-state index in [1.807, 2.05) is 6.92 Å². The fraction of sp³-hybridized carbons (Fsp3) is 0.438. The maximum atomic E-state index is 11.7. The standard InChI is InChI=1S/C16H21NO/c1-4-6-15(5-2)17-16(18)12-11-14-9-7-13(3)8-10-14/h1,7-10,15H,5-6,11-12H2,2-3H3,(H,17,18). The predicted molar refractivity (Wildman–Crippen MR) is 75.2 cm³/mol. The molecule has 0 aliphatic carbocycles.